The molecule has 0 radical (unpaired) electrons. The maximum absolute atomic E-state index is 4.53. The number of anilines is 1. The quantitative estimate of drug-likeness (QED) is 0.672. The van der Waals surface area contributed by atoms with Crippen LogP contribution < -0.4 is 5.43 Å². The Balaban J connectivity index is 1.76. The molecule has 3 aromatic rings. The summed E-state index contributed by atoms with van der Waals surface area (Å²) in [5.74, 6) is 0.766. The Kier molecular flexibility index (Phi) is 3.86. The van der Waals surface area contributed by atoms with E-state index in [4.69, 9.17) is 0 Å². The molecule has 0 unspecified atom stereocenters. The first kappa shape index (κ1) is 15.0. The summed E-state index contributed by atoms with van der Waals surface area (Å²) >= 11 is 1.63. The number of benzene rings is 1. The second kappa shape index (κ2) is 6.17. The van der Waals surface area contributed by atoms with Crippen molar-refractivity contribution in [2.75, 3.05) is 5.43 Å². The van der Waals surface area contributed by atoms with Gasteiger partial charge in [0.25, 0.3) is 0 Å². The van der Waals surface area contributed by atoms with Crippen molar-refractivity contribution in [3.63, 3.8) is 0 Å². The van der Waals surface area contributed by atoms with E-state index in [1.807, 2.05) is 0 Å². The van der Waals surface area contributed by atoms with Gasteiger partial charge in [-0.05, 0) is 38.3 Å². The highest BCUT2D eigenvalue weighted by Gasteiger charge is 2.13. The molecule has 0 atom stereocenters. The molecule has 2 heterocycles. The van der Waals surface area contributed by atoms with E-state index in [0.717, 1.165) is 40.2 Å². The van der Waals surface area contributed by atoms with Crippen LogP contribution in [0.4, 0.5) is 5.82 Å². The lowest BCUT2D eigenvalue weighted by Crippen LogP contribution is -1.98. The van der Waals surface area contributed by atoms with Crippen LogP contribution in [0.25, 0.3) is 21.3 Å². The van der Waals surface area contributed by atoms with Gasteiger partial charge in [-0.25, -0.2) is 9.97 Å². The molecular formula is C19H18N4S. The number of aromatic nitrogens is 2. The van der Waals surface area contributed by atoms with E-state index in [1.165, 1.54) is 16.7 Å². The van der Waals surface area contributed by atoms with Gasteiger partial charge in [0.2, 0.25) is 0 Å². The summed E-state index contributed by atoms with van der Waals surface area (Å²) in [6, 6.07) is 8.54. The summed E-state index contributed by atoms with van der Waals surface area (Å²) in [6.45, 7) is 4.23. The number of hydrogen-bond donors (Lipinski definition) is 1. The Morgan fingerprint density at radius 2 is 1.92 bits per heavy atom. The lowest BCUT2D eigenvalue weighted by Gasteiger charge is -2.05. The van der Waals surface area contributed by atoms with E-state index in [9.17, 15) is 0 Å². The molecule has 4 rings (SSSR count). The predicted octanol–water partition coefficient (Wildman–Crippen LogP) is 5.17. The Morgan fingerprint density at radius 1 is 1.08 bits per heavy atom. The first-order valence-corrected chi connectivity index (χ1v) is 8.87. The van der Waals surface area contributed by atoms with Gasteiger partial charge in [0, 0.05) is 10.9 Å². The summed E-state index contributed by atoms with van der Waals surface area (Å²) in [7, 11) is 0. The van der Waals surface area contributed by atoms with Crippen LogP contribution in [0.5, 0.6) is 0 Å². The van der Waals surface area contributed by atoms with Gasteiger partial charge in [0.15, 0.2) is 5.82 Å². The van der Waals surface area contributed by atoms with Crippen LogP contribution >= 0.6 is 11.3 Å². The van der Waals surface area contributed by atoms with Crippen LogP contribution in [0.3, 0.4) is 0 Å². The average Bonchev–Trinajstić information content (AvgIpc) is 3.20. The zero-order valence-corrected chi connectivity index (χ0v) is 14.5. The van der Waals surface area contributed by atoms with E-state index in [-0.39, 0.29) is 0 Å². The highest BCUT2D eigenvalue weighted by atomic mass is 32.1. The molecule has 2 aromatic heterocycles. The molecule has 0 spiro atoms. The van der Waals surface area contributed by atoms with Crippen LogP contribution in [0.2, 0.25) is 0 Å². The van der Waals surface area contributed by atoms with Crippen molar-refractivity contribution in [3.8, 4) is 11.1 Å². The van der Waals surface area contributed by atoms with Crippen LogP contribution in [-0.2, 0) is 0 Å². The van der Waals surface area contributed by atoms with Gasteiger partial charge < -0.3 is 0 Å². The smallest absolute Gasteiger partial charge is 0.159 e. The third kappa shape index (κ3) is 2.83. The number of fused-ring (bicyclic) bond motifs is 1. The Hall–Kier alpha value is -2.53. The van der Waals surface area contributed by atoms with Gasteiger partial charge in [-0.3, -0.25) is 5.43 Å². The molecule has 24 heavy (non-hydrogen) atoms. The lowest BCUT2D eigenvalue weighted by atomic mass is 10.0. The molecule has 1 N–H and O–H groups in total. The summed E-state index contributed by atoms with van der Waals surface area (Å²) in [5, 5.41) is 7.70. The summed E-state index contributed by atoms with van der Waals surface area (Å²) in [6.07, 6.45) is 5.81. The second-order valence-electron chi connectivity index (χ2n) is 6.12. The molecule has 0 aliphatic heterocycles. The lowest BCUT2D eigenvalue weighted by molar-refractivity contribution is 1.05. The van der Waals surface area contributed by atoms with Crippen molar-refractivity contribution in [3.05, 3.63) is 53.2 Å². The fourth-order valence-electron chi connectivity index (χ4n) is 2.87. The maximum atomic E-state index is 4.53. The number of thiophene rings is 1. The molecule has 120 valence electrons. The van der Waals surface area contributed by atoms with Gasteiger partial charge in [-0.2, -0.15) is 5.10 Å². The number of nitrogens with zero attached hydrogens (tertiary/aromatic N) is 3. The first-order chi connectivity index (χ1) is 11.7. The highest BCUT2D eigenvalue weighted by molar-refractivity contribution is 7.17. The second-order valence-corrected chi connectivity index (χ2v) is 6.98. The molecule has 1 aliphatic rings. The third-order valence-corrected chi connectivity index (χ3v) is 5.11. The van der Waals surface area contributed by atoms with Crippen molar-refractivity contribution in [1.82, 2.24) is 9.97 Å². The van der Waals surface area contributed by atoms with Gasteiger partial charge in [0.05, 0.1) is 11.1 Å². The van der Waals surface area contributed by atoms with E-state index >= 15 is 0 Å². The summed E-state index contributed by atoms with van der Waals surface area (Å²) in [4.78, 5) is 9.80. The van der Waals surface area contributed by atoms with Crippen LogP contribution in [0.1, 0.15) is 25.3 Å². The molecule has 0 amide bonds. The number of aryl methyl sites for hydroxylation is 1. The Morgan fingerprint density at radius 3 is 2.67 bits per heavy atom. The zero-order valence-electron chi connectivity index (χ0n) is 13.7. The van der Waals surface area contributed by atoms with Crippen LogP contribution in [0.15, 0.2) is 52.7 Å². The van der Waals surface area contributed by atoms with E-state index < -0.39 is 0 Å². The van der Waals surface area contributed by atoms with E-state index in [1.54, 1.807) is 17.7 Å². The Bertz CT molecular complexity index is 951. The van der Waals surface area contributed by atoms with E-state index in [2.05, 4.69) is 70.1 Å². The van der Waals surface area contributed by atoms with Crippen molar-refractivity contribution < 1.29 is 0 Å². The monoisotopic (exact) mass is 334 g/mol. The van der Waals surface area contributed by atoms with Gasteiger partial charge >= 0.3 is 0 Å². The standard InChI is InChI=1S/C19H18N4S/c1-12-3-6-14(7-4-12)16-10-24-19-17(16)18(20-11-21-19)23-22-15-8-5-13(2)9-15/h3-4,6-7,9-11H,5,8H2,1-2H3,(H,20,21,23)/b22-15+. The summed E-state index contributed by atoms with van der Waals surface area (Å²) < 4.78 is 0. The predicted molar refractivity (Wildman–Crippen MR) is 102 cm³/mol. The average molecular weight is 334 g/mol. The zero-order chi connectivity index (χ0) is 16.5. The minimum absolute atomic E-state index is 0.766. The molecule has 0 saturated heterocycles. The van der Waals surface area contributed by atoms with E-state index in [0.29, 0.717) is 0 Å². The highest BCUT2D eigenvalue weighted by Crippen LogP contribution is 2.36. The van der Waals surface area contributed by atoms with Crippen LogP contribution in [-0.4, -0.2) is 15.7 Å². The first-order valence-electron chi connectivity index (χ1n) is 8.00. The largest absolute Gasteiger partial charge is 0.260 e. The molecule has 0 saturated carbocycles. The van der Waals surface area contributed by atoms with Crippen molar-refractivity contribution in [2.24, 2.45) is 5.10 Å². The number of rotatable bonds is 3. The number of hydrogen-bond acceptors (Lipinski definition) is 5. The minimum atomic E-state index is 0.766. The fraction of sp³-hybridized carbons (Fsp3) is 0.211. The third-order valence-electron chi connectivity index (χ3n) is 4.23. The normalized spacial score (nSPS) is 15.9. The van der Waals surface area contributed by atoms with Crippen molar-refractivity contribution in [2.45, 2.75) is 26.7 Å². The van der Waals surface area contributed by atoms with Crippen molar-refractivity contribution >= 4 is 33.1 Å². The van der Waals surface area contributed by atoms with Gasteiger partial charge in [-0.15, -0.1) is 11.3 Å². The molecular weight excluding hydrogens is 316 g/mol. The van der Waals surface area contributed by atoms with Crippen molar-refractivity contribution in [1.29, 1.82) is 0 Å². The Labute approximate surface area is 145 Å². The minimum Gasteiger partial charge on any atom is -0.260 e. The topological polar surface area (TPSA) is 50.2 Å². The molecule has 4 nitrogen and oxygen atoms in total. The SMILES string of the molecule is CC1=C/C(=N/Nc2ncnc3scc(-c4ccc(C)cc4)c23)CC1. The number of nitrogens with one attached hydrogen (secondary N) is 1. The molecule has 0 bridgehead atoms. The maximum Gasteiger partial charge on any atom is 0.159 e. The van der Waals surface area contributed by atoms with Gasteiger partial charge in [-0.1, -0.05) is 35.4 Å². The number of hydrazone groups is 1. The van der Waals surface area contributed by atoms with Gasteiger partial charge in [0.1, 0.15) is 11.2 Å². The molecule has 0 fully saturated rings. The fourth-order valence-corrected chi connectivity index (χ4v) is 3.79. The molecule has 1 aromatic carbocycles. The van der Waals surface area contributed by atoms with Crippen LogP contribution in [0, 0.1) is 6.92 Å². The molecule has 1 aliphatic carbocycles. The summed E-state index contributed by atoms with van der Waals surface area (Å²) in [5.41, 5.74) is 9.18. The number of allylic oxidation sites excluding steroid dienone is 2. The molecule has 5 heteroatoms.